The molecule has 0 unspecified atom stereocenters. The van der Waals surface area contributed by atoms with Crippen LogP contribution >= 0.6 is 0 Å². The number of hydrogen-bond acceptors (Lipinski definition) is 5. The van der Waals surface area contributed by atoms with E-state index in [9.17, 15) is 0 Å². The van der Waals surface area contributed by atoms with Gasteiger partial charge in [-0.1, -0.05) is 12.1 Å². The van der Waals surface area contributed by atoms with Gasteiger partial charge in [-0.15, -0.1) is 0 Å². The van der Waals surface area contributed by atoms with Crippen LogP contribution in [-0.4, -0.2) is 4.98 Å². The zero-order valence-electron chi connectivity index (χ0n) is 9.29. The van der Waals surface area contributed by atoms with Gasteiger partial charge in [-0.2, -0.15) is 10.5 Å². The molecule has 0 radical (unpaired) electrons. The van der Waals surface area contributed by atoms with Crippen LogP contribution in [0.4, 0.5) is 5.69 Å². The topological polar surface area (TPSA) is 95.7 Å². The average molecular weight is 236 g/mol. The van der Waals surface area contributed by atoms with Gasteiger partial charge in [0.25, 0.3) is 0 Å². The zero-order valence-corrected chi connectivity index (χ0v) is 9.29. The van der Waals surface area contributed by atoms with Crippen LogP contribution in [0.1, 0.15) is 11.3 Å². The van der Waals surface area contributed by atoms with Gasteiger partial charge in [0.15, 0.2) is 5.69 Å². The SMILES string of the molecule is N#Cc1ccccc1Oc1ccc(N)c(C#N)n1. The number of anilines is 1. The molecule has 0 aliphatic rings. The lowest BCUT2D eigenvalue weighted by atomic mass is 10.2. The minimum atomic E-state index is 0.0990. The Hall–Kier alpha value is -3.05. The Morgan fingerprint density at radius 3 is 2.56 bits per heavy atom. The fraction of sp³-hybridized carbons (Fsp3) is 0. The third kappa shape index (κ3) is 2.21. The van der Waals surface area contributed by atoms with Crippen molar-refractivity contribution in [3.63, 3.8) is 0 Å². The molecule has 2 N–H and O–H groups in total. The van der Waals surface area contributed by atoms with Gasteiger partial charge >= 0.3 is 0 Å². The van der Waals surface area contributed by atoms with Gasteiger partial charge in [-0.25, -0.2) is 4.98 Å². The third-order valence-corrected chi connectivity index (χ3v) is 2.23. The van der Waals surface area contributed by atoms with Crippen molar-refractivity contribution in [2.45, 2.75) is 0 Å². The first-order chi connectivity index (χ1) is 8.74. The van der Waals surface area contributed by atoms with Gasteiger partial charge in [-0.3, -0.25) is 0 Å². The number of nitrogen functional groups attached to an aromatic ring is 1. The molecule has 5 heteroatoms. The lowest BCUT2D eigenvalue weighted by molar-refractivity contribution is 0.461. The van der Waals surface area contributed by atoms with Crippen LogP contribution < -0.4 is 10.5 Å². The van der Waals surface area contributed by atoms with Crippen molar-refractivity contribution in [1.82, 2.24) is 4.98 Å². The maximum absolute atomic E-state index is 8.92. The smallest absolute Gasteiger partial charge is 0.220 e. The predicted molar refractivity (Wildman–Crippen MR) is 64.6 cm³/mol. The van der Waals surface area contributed by atoms with Gasteiger partial charge in [0.1, 0.15) is 17.9 Å². The quantitative estimate of drug-likeness (QED) is 0.862. The van der Waals surface area contributed by atoms with E-state index in [-0.39, 0.29) is 11.6 Å². The monoisotopic (exact) mass is 236 g/mol. The number of pyridine rings is 1. The molecule has 1 aromatic carbocycles. The molecule has 0 aliphatic carbocycles. The Kier molecular flexibility index (Phi) is 3.08. The molecule has 0 fully saturated rings. The number of hydrogen-bond donors (Lipinski definition) is 1. The molecule has 5 nitrogen and oxygen atoms in total. The molecule has 0 atom stereocenters. The van der Waals surface area contributed by atoms with Crippen molar-refractivity contribution in [1.29, 1.82) is 10.5 Å². The standard InChI is InChI=1S/C13H8N4O/c14-7-9-3-1-2-4-12(9)18-13-6-5-10(16)11(8-15)17-13/h1-6H,16H2. The van der Waals surface area contributed by atoms with E-state index in [1.54, 1.807) is 30.3 Å². The highest BCUT2D eigenvalue weighted by molar-refractivity contribution is 5.51. The Morgan fingerprint density at radius 1 is 1.06 bits per heavy atom. The van der Waals surface area contributed by atoms with Gasteiger partial charge < -0.3 is 10.5 Å². The maximum Gasteiger partial charge on any atom is 0.220 e. The number of nitrogens with two attached hydrogens (primary N) is 1. The summed E-state index contributed by atoms with van der Waals surface area (Å²) in [5.74, 6) is 0.615. The molecule has 0 spiro atoms. The highest BCUT2D eigenvalue weighted by Crippen LogP contribution is 2.24. The minimum absolute atomic E-state index is 0.0990. The summed E-state index contributed by atoms with van der Waals surface area (Å²) in [6.45, 7) is 0. The number of rotatable bonds is 2. The lowest BCUT2D eigenvalue weighted by Crippen LogP contribution is -1.96. The molecular weight excluding hydrogens is 228 g/mol. The van der Waals surface area contributed by atoms with E-state index in [1.807, 2.05) is 12.1 Å². The van der Waals surface area contributed by atoms with E-state index in [0.29, 0.717) is 17.0 Å². The Balaban J connectivity index is 2.36. The third-order valence-electron chi connectivity index (χ3n) is 2.23. The molecule has 18 heavy (non-hydrogen) atoms. The van der Waals surface area contributed by atoms with Gasteiger partial charge in [-0.05, 0) is 18.2 Å². The first-order valence-corrected chi connectivity index (χ1v) is 5.08. The first-order valence-electron chi connectivity index (χ1n) is 5.08. The summed E-state index contributed by atoms with van der Waals surface area (Å²) < 4.78 is 5.46. The van der Waals surface area contributed by atoms with E-state index < -0.39 is 0 Å². The summed E-state index contributed by atoms with van der Waals surface area (Å²) >= 11 is 0. The molecule has 0 aliphatic heterocycles. The Bertz CT molecular complexity index is 667. The van der Waals surface area contributed by atoms with Crippen molar-refractivity contribution in [3.8, 4) is 23.8 Å². The maximum atomic E-state index is 8.92. The Labute approximate surface area is 104 Å². The largest absolute Gasteiger partial charge is 0.438 e. The highest BCUT2D eigenvalue weighted by Gasteiger charge is 2.07. The number of aromatic nitrogens is 1. The Morgan fingerprint density at radius 2 is 1.83 bits per heavy atom. The van der Waals surface area contributed by atoms with Crippen LogP contribution in [0.3, 0.4) is 0 Å². The summed E-state index contributed by atoms with van der Waals surface area (Å²) in [5, 5.41) is 17.7. The van der Waals surface area contributed by atoms with Crippen molar-refractivity contribution in [2.24, 2.45) is 0 Å². The second kappa shape index (κ2) is 4.86. The second-order valence-electron chi connectivity index (χ2n) is 3.41. The van der Waals surface area contributed by atoms with Crippen molar-refractivity contribution in [3.05, 3.63) is 47.7 Å². The zero-order chi connectivity index (χ0) is 13.0. The first kappa shape index (κ1) is 11.4. The predicted octanol–water partition coefficient (Wildman–Crippen LogP) is 2.20. The van der Waals surface area contributed by atoms with Gasteiger partial charge in [0.05, 0.1) is 11.3 Å². The van der Waals surface area contributed by atoms with E-state index in [1.165, 1.54) is 6.07 Å². The van der Waals surface area contributed by atoms with Gasteiger partial charge in [0.2, 0.25) is 5.88 Å². The summed E-state index contributed by atoms with van der Waals surface area (Å²) in [6.07, 6.45) is 0. The molecule has 0 amide bonds. The fourth-order valence-corrected chi connectivity index (χ4v) is 1.36. The number of nitriles is 2. The van der Waals surface area contributed by atoms with E-state index >= 15 is 0 Å². The van der Waals surface area contributed by atoms with Crippen LogP contribution in [0.5, 0.6) is 11.6 Å². The van der Waals surface area contributed by atoms with Crippen LogP contribution in [0, 0.1) is 22.7 Å². The van der Waals surface area contributed by atoms with E-state index in [0.717, 1.165) is 0 Å². The fourth-order valence-electron chi connectivity index (χ4n) is 1.36. The number of para-hydroxylation sites is 1. The molecule has 1 aromatic heterocycles. The summed E-state index contributed by atoms with van der Waals surface area (Å²) in [6, 6.07) is 13.7. The molecule has 2 rings (SSSR count). The summed E-state index contributed by atoms with van der Waals surface area (Å²) in [5.41, 5.74) is 6.34. The molecule has 0 saturated heterocycles. The minimum Gasteiger partial charge on any atom is -0.438 e. The van der Waals surface area contributed by atoms with Crippen molar-refractivity contribution < 1.29 is 4.74 Å². The van der Waals surface area contributed by atoms with Crippen LogP contribution in [0.15, 0.2) is 36.4 Å². The molecule has 0 saturated carbocycles. The van der Waals surface area contributed by atoms with Crippen LogP contribution in [0.2, 0.25) is 0 Å². The number of nitrogens with zero attached hydrogens (tertiary/aromatic N) is 3. The van der Waals surface area contributed by atoms with Gasteiger partial charge in [0, 0.05) is 6.07 Å². The molecular formula is C13H8N4O. The number of ether oxygens (including phenoxy) is 1. The van der Waals surface area contributed by atoms with Crippen molar-refractivity contribution >= 4 is 5.69 Å². The summed E-state index contributed by atoms with van der Waals surface area (Å²) in [7, 11) is 0. The second-order valence-corrected chi connectivity index (χ2v) is 3.41. The van der Waals surface area contributed by atoms with E-state index in [4.69, 9.17) is 21.0 Å². The molecule has 2 aromatic rings. The highest BCUT2D eigenvalue weighted by atomic mass is 16.5. The molecule has 86 valence electrons. The van der Waals surface area contributed by atoms with Crippen LogP contribution in [0.25, 0.3) is 0 Å². The molecule has 1 heterocycles. The normalized spacial score (nSPS) is 9.22. The van der Waals surface area contributed by atoms with Crippen LogP contribution in [-0.2, 0) is 0 Å². The number of benzene rings is 1. The molecule has 0 bridgehead atoms. The van der Waals surface area contributed by atoms with Crippen molar-refractivity contribution in [2.75, 3.05) is 5.73 Å². The lowest BCUT2D eigenvalue weighted by Gasteiger charge is -2.06. The average Bonchev–Trinajstić information content (AvgIpc) is 2.41. The summed E-state index contributed by atoms with van der Waals surface area (Å²) in [4.78, 5) is 3.94. The van der Waals surface area contributed by atoms with E-state index in [2.05, 4.69) is 4.98 Å².